The summed E-state index contributed by atoms with van der Waals surface area (Å²) in [7, 11) is 0. The van der Waals surface area contributed by atoms with Gasteiger partial charge in [-0.25, -0.2) is 0 Å². The predicted molar refractivity (Wildman–Crippen MR) is 143 cm³/mol. The van der Waals surface area contributed by atoms with E-state index in [9.17, 15) is 14.9 Å². The fraction of sp³-hybridized carbons (Fsp3) is 0.300. The van der Waals surface area contributed by atoms with Crippen molar-refractivity contribution in [3.63, 3.8) is 0 Å². The summed E-state index contributed by atoms with van der Waals surface area (Å²) in [5.74, 6) is 0.00338. The molecule has 1 aliphatic heterocycles. The maximum atomic E-state index is 13.4. The fourth-order valence-electron chi connectivity index (χ4n) is 4.76. The number of nitriles is 1. The molecule has 1 heterocycles. The molecule has 0 aromatic heterocycles. The lowest BCUT2D eigenvalue weighted by Gasteiger charge is -2.35. The van der Waals surface area contributed by atoms with Crippen LogP contribution in [0.2, 0.25) is 5.02 Å². The second kappa shape index (κ2) is 11.4. The quantitative estimate of drug-likeness (QED) is 0.449. The third-order valence-corrected chi connectivity index (χ3v) is 7.10. The van der Waals surface area contributed by atoms with Gasteiger partial charge in [0.1, 0.15) is 6.04 Å². The molecule has 0 saturated carbocycles. The highest BCUT2D eigenvalue weighted by atomic mass is 35.5. The minimum atomic E-state index is -0.611. The van der Waals surface area contributed by atoms with Gasteiger partial charge < -0.3 is 10.2 Å². The molecule has 0 bridgehead atoms. The number of rotatable bonds is 6. The summed E-state index contributed by atoms with van der Waals surface area (Å²) in [5.41, 5.74) is 3.82. The Morgan fingerprint density at radius 1 is 1.00 bits per heavy atom. The van der Waals surface area contributed by atoms with Crippen LogP contribution >= 0.6 is 11.6 Å². The van der Waals surface area contributed by atoms with Crippen molar-refractivity contribution < 1.29 is 9.59 Å². The van der Waals surface area contributed by atoms with Gasteiger partial charge in [0.15, 0.2) is 0 Å². The summed E-state index contributed by atoms with van der Waals surface area (Å²) in [4.78, 5) is 28.5. The molecule has 1 saturated heterocycles. The Hall–Kier alpha value is -3.62. The monoisotopic (exact) mass is 499 g/mol. The molecule has 36 heavy (non-hydrogen) atoms. The van der Waals surface area contributed by atoms with Crippen LogP contribution in [-0.2, 0) is 4.79 Å². The van der Waals surface area contributed by atoms with E-state index >= 15 is 0 Å². The first-order chi connectivity index (χ1) is 17.4. The number of carbonyl (C=O) groups excluding carboxylic acids is 2. The van der Waals surface area contributed by atoms with Gasteiger partial charge in [0.25, 0.3) is 5.91 Å². The van der Waals surface area contributed by atoms with E-state index in [-0.39, 0.29) is 17.7 Å². The van der Waals surface area contributed by atoms with Crippen molar-refractivity contribution in [3.05, 3.63) is 94.5 Å². The van der Waals surface area contributed by atoms with Gasteiger partial charge in [0.05, 0.1) is 11.6 Å². The van der Waals surface area contributed by atoms with E-state index in [0.717, 1.165) is 29.0 Å². The van der Waals surface area contributed by atoms with Gasteiger partial charge in [0.2, 0.25) is 5.91 Å². The third-order valence-electron chi connectivity index (χ3n) is 6.85. The lowest BCUT2D eigenvalue weighted by atomic mass is 9.89. The summed E-state index contributed by atoms with van der Waals surface area (Å²) in [6, 6.07) is 24.0. The number of piperidine rings is 1. The number of amides is 2. The van der Waals surface area contributed by atoms with Gasteiger partial charge in [-0.15, -0.1) is 0 Å². The number of hydrogen-bond acceptors (Lipinski definition) is 3. The zero-order chi connectivity index (χ0) is 25.7. The van der Waals surface area contributed by atoms with Crippen LogP contribution < -0.4 is 5.32 Å². The van der Waals surface area contributed by atoms with Gasteiger partial charge >= 0.3 is 0 Å². The van der Waals surface area contributed by atoms with Crippen LogP contribution in [0.3, 0.4) is 0 Å². The topological polar surface area (TPSA) is 73.2 Å². The van der Waals surface area contributed by atoms with Crippen LogP contribution in [0.5, 0.6) is 0 Å². The Kier molecular flexibility index (Phi) is 8.07. The van der Waals surface area contributed by atoms with E-state index in [0.29, 0.717) is 30.1 Å². The predicted octanol–water partition coefficient (Wildman–Crippen LogP) is 6.04. The molecule has 0 radical (unpaired) electrons. The zero-order valence-corrected chi connectivity index (χ0v) is 21.3. The summed E-state index contributed by atoms with van der Waals surface area (Å²) in [5, 5.41) is 13.1. The smallest absolute Gasteiger partial charge is 0.251 e. The Bertz CT molecular complexity index is 1270. The number of nitrogens with zero attached hydrogens (tertiary/aromatic N) is 2. The summed E-state index contributed by atoms with van der Waals surface area (Å²) in [6.45, 7) is 5.21. The van der Waals surface area contributed by atoms with Crippen molar-refractivity contribution in [2.75, 3.05) is 13.1 Å². The lowest BCUT2D eigenvalue weighted by molar-refractivity contribution is -0.135. The Labute approximate surface area is 217 Å². The molecule has 0 aliphatic carbocycles. The fourth-order valence-corrected chi connectivity index (χ4v) is 4.89. The molecule has 0 unspecified atom stereocenters. The SMILES string of the molecule is CC(C)[C@@H](NC(=O)c1cccc(-c2ccccc2C#N)c1)C(=O)N1CCC(c2ccc(Cl)cc2)CC1. The molecule has 3 aromatic carbocycles. The molecule has 1 fully saturated rings. The van der Waals surface area contributed by atoms with Crippen molar-refractivity contribution in [1.82, 2.24) is 10.2 Å². The molecule has 5 nitrogen and oxygen atoms in total. The first-order valence-corrected chi connectivity index (χ1v) is 12.7. The number of halogens is 1. The minimum absolute atomic E-state index is 0.0427. The maximum Gasteiger partial charge on any atom is 0.251 e. The molecule has 4 rings (SSSR count). The average Bonchev–Trinajstić information content (AvgIpc) is 2.91. The summed E-state index contributed by atoms with van der Waals surface area (Å²) < 4.78 is 0. The first-order valence-electron chi connectivity index (χ1n) is 12.3. The number of hydrogen-bond donors (Lipinski definition) is 1. The number of nitrogens with one attached hydrogen (secondary N) is 1. The number of likely N-dealkylation sites (tertiary alicyclic amines) is 1. The highest BCUT2D eigenvalue weighted by Gasteiger charge is 2.31. The van der Waals surface area contributed by atoms with Crippen LogP contribution in [0.15, 0.2) is 72.8 Å². The van der Waals surface area contributed by atoms with Crippen molar-refractivity contribution in [2.24, 2.45) is 5.92 Å². The Morgan fingerprint density at radius 2 is 1.69 bits per heavy atom. The highest BCUT2D eigenvalue weighted by Crippen LogP contribution is 2.29. The molecule has 1 aliphatic rings. The summed E-state index contributed by atoms with van der Waals surface area (Å²) >= 11 is 6.02. The molecule has 1 atom stereocenters. The van der Waals surface area contributed by atoms with Crippen LogP contribution in [-0.4, -0.2) is 35.8 Å². The zero-order valence-electron chi connectivity index (χ0n) is 20.6. The van der Waals surface area contributed by atoms with Gasteiger partial charge in [-0.1, -0.05) is 67.9 Å². The van der Waals surface area contributed by atoms with E-state index in [1.807, 2.05) is 55.1 Å². The van der Waals surface area contributed by atoms with Crippen molar-refractivity contribution >= 4 is 23.4 Å². The van der Waals surface area contributed by atoms with Gasteiger partial charge in [0, 0.05) is 23.7 Å². The molecule has 6 heteroatoms. The average molecular weight is 500 g/mol. The highest BCUT2D eigenvalue weighted by molar-refractivity contribution is 6.30. The van der Waals surface area contributed by atoms with E-state index in [1.54, 1.807) is 24.3 Å². The third kappa shape index (κ3) is 5.78. The minimum Gasteiger partial charge on any atom is -0.341 e. The van der Waals surface area contributed by atoms with Crippen molar-refractivity contribution in [3.8, 4) is 17.2 Å². The van der Waals surface area contributed by atoms with E-state index in [1.165, 1.54) is 5.56 Å². The van der Waals surface area contributed by atoms with Crippen LogP contribution in [0.4, 0.5) is 0 Å². The Balaban J connectivity index is 1.44. The second-order valence-electron chi connectivity index (χ2n) is 9.58. The maximum absolute atomic E-state index is 13.4. The first kappa shape index (κ1) is 25.5. The standard InChI is InChI=1S/C30H30ClN3O2/c1-20(2)28(30(36)34-16-14-22(15-17-34)21-10-12-26(31)13-11-21)33-29(35)24-8-5-7-23(18-24)27-9-4-3-6-25(27)19-32/h3-13,18,20,22,28H,14-17H2,1-2H3,(H,33,35)/t28-/m1/s1. The molecule has 2 amide bonds. The molecular formula is C30H30ClN3O2. The lowest BCUT2D eigenvalue weighted by Crippen LogP contribution is -2.52. The van der Waals surface area contributed by atoms with E-state index in [2.05, 4.69) is 23.5 Å². The molecule has 3 aromatic rings. The van der Waals surface area contributed by atoms with E-state index < -0.39 is 6.04 Å². The normalized spacial score (nSPS) is 14.8. The van der Waals surface area contributed by atoms with Crippen molar-refractivity contribution in [2.45, 2.75) is 38.6 Å². The number of benzene rings is 3. The van der Waals surface area contributed by atoms with Crippen LogP contribution in [0.1, 0.15) is 54.1 Å². The van der Waals surface area contributed by atoms with Crippen molar-refractivity contribution in [1.29, 1.82) is 5.26 Å². The molecule has 1 N–H and O–H groups in total. The summed E-state index contributed by atoms with van der Waals surface area (Å²) in [6.07, 6.45) is 1.76. The van der Waals surface area contributed by atoms with Gasteiger partial charge in [-0.05, 0) is 71.7 Å². The molecular weight excluding hydrogens is 470 g/mol. The van der Waals surface area contributed by atoms with Gasteiger partial charge in [-0.3, -0.25) is 9.59 Å². The number of carbonyl (C=O) groups is 2. The Morgan fingerprint density at radius 3 is 2.36 bits per heavy atom. The second-order valence-corrected chi connectivity index (χ2v) is 10.0. The van der Waals surface area contributed by atoms with Crippen LogP contribution in [0.25, 0.3) is 11.1 Å². The molecule has 0 spiro atoms. The van der Waals surface area contributed by atoms with Crippen LogP contribution in [0, 0.1) is 17.2 Å². The largest absolute Gasteiger partial charge is 0.341 e. The van der Waals surface area contributed by atoms with E-state index in [4.69, 9.17) is 11.6 Å². The van der Waals surface area contributed by atoms with Gasteiger partial charge in [-0.2, -0.15) is 5.26 Å². The molecule has 184 valence electrons.